The van der Waals surface area contributed by atoms with Gasteiger partial charge in [-0.25, -0.2) is 0 Å². The zero-order valence-corrected chi connectivity index (χ0v) is 10.0. The van der Waals surface area contributed by atoms with Crippen molar-refractivity contribution in [2.24, 2.45) is 0 Å². The molecule has 1 aliphatic carbocycles. The second kappa shape index (κ2) is 5.48. The Morgan fingerprint density at radius 3 is 2.53 bits per heavy atom. The lowest BCUT2D eigenvalue weighted by Crippen LogP contribution is -2.41. The van der Waals surface area contributed by atoms with Crippen LogP contribution in [-0.2, 0) is 4.74 Å². The van der Waals surface area contributed by atoms with Crippen LogP contribution in [-0.4, -0.2) is 24.8 Å². The molecule has 0 spiro atoms. The number of nitrogens with one attached hydrogen (secondary N) is 1. The third-order valence-corrected chi connectivity index (χ3v) is 3.20. The molecule has 0 amide bonds. The molecule has 1 saturated carbocycles. The van der Waals surface area contributed by atoms with Gasteiger partial charge in [0.15, 0.2) is 0 Å². The van der Waals surface area contributed by atoms with E-state index in [-0.39, 0.29) is 11.6 Å². The minimum atomic E-state index is -0.216. The molecule has 0 bridgehead atoms. The van der Waals surface area contributed by atoms with Gasteiger partial charge in [0, 0.05) is 19.6 Å². The second-order valence-corrected chi connectivity index (χ2v) is 5.00. The van der Waals surface area contributed by atoms with Gasteiger partial charge in [-0.05, 0) is 26.7 Å². The van der Waals surface area contributed by atoms with Crippen LogP contribution in [0.2, 0.25) is 0 Å². The summed E-state index contributed by atoms with van der Waals surface area (Å²) >= 11 is 0. The van der Waals surface area contributed by atoms with Crippen molar-refractivity contribution < 1.29 is 4.74 Å². The van der Waals surface area contributed by atoms with Crippen molar-refractivity contribution in [1.82, 2.24) is 5.32 Å². The van der Waals surface area contributed by atoms with Gasteiger partial charge < -0.3 is 4.74 Å². The standard InChI is InChI=1S/C12H22N2O/c1-12(2,15-3)8-11(9-13)14-10-6-4-5-7-10/h10-11,14H,4-8H2,1-3H3. The number of nitriles is 1. The minimum Gasteiger partial charge on any atom is -0.379 e. The molecule has 1 atom stereocenters. The minimum absolute atomic E-state index is 0.0805. The molecule has 1 fully saturated rings. The summed E-state index contributed by atoms with van der Waals surface area (Å²) < 4.78 is 5.34. The van der Waals surface area contributed by atoms with E-state index in [0.717, 1.165) is 6.42 Å². The van der Waals surface area contributed by atoms with Gasteiger partial charge in [-0.15, -0.1) is 0 Å². The van der Waals surface area contributed by atoms with Crippen LogP contribution in [0, 0.1) is 11.3 Å². The first-order valence-corrected chi connectivity index (χ1v) is 5.78. The van der Waals surface area contributed by atoms with Crippen molar-refractivity contribution in [2.45, 2.75) is 63.6 Å². The summed E-state index contributed by atoms with van der Waals surface area (Å²) in [7, 11) is 1.70. The van der Waals surface area contributed by atoms with E-state index in [9.17, 15) is 0 Å². The van der Waals surface area contributed by atoms with Crippen molar-refractivity contribution >= 4 is 0 Å². The maximum Gasteiger partial charge on any atom is 0.0982 e. The van der Waals surface area contributed by atoms with Gasteiger partial charge in [-0.2, -0.15) is 5.26 Å². The predicted octanol–water partition coefficient (Wildman–Crippen LogP) is 2.23. The highest BCUT2D eigenvalue weighted by molar-refractivity contribution is 4.96. The highest BCUT2D eigenvalue weighted by Crippen LogP contribution is 2.21. The van der Waals surface area contributed by atoms with Crippen LogP contribution in [0.25, 0.3) is 0 Å². The van der Waals surface area contributed by atoms with E-state index in [4.69, 9.17) is 10.00 Å². The monoisotopic (exact) mass is 210 g/mol. The Labute approximate surface area is 92.8 Å². The van der Waals surface area contributed by atoms with Gasteiger partial charge in [0.05, 0.1) is 17.7 Å². The molecule has 1 rings (SSSR count). The van der Waals surface area contributed by atoms with Gasteiger partial charge >= 0.3 is 0 Å². The van der Waals surface area contributed by atoms with Crippen LogP contribution in [0.3, 0.4) is 0 Å². The number of methoxy groups -OCH3 is 1. The number of nitrogens with zero attached hydrogens (tertiary/aromatic N) is 1. The van der Waals surface area contributed by atoms with Crippen LogP contribution in [0.4, 0.5) is 0 Å². The van der Waals surface area contributed by atoms with E-state index < -0.39 is 0 Å². The molecule has 0 heterocycles. The van der Waals surface area contributed by atoms with Gasteiger partial charge in [-0.3, -0.25) is 5.32 Å². The molecule has 3 heteroatoms. The van der Waals surface area contributed by atoms with Crippen LogP contribution >= 0.6 is 0 Å². The van der Waals surface area contributed by atoms with Gasteiger partial charge in [-0.1, -0.05) is 12.8 Å². The maximum absolute atomic E-state index is 9.08. The lowest BCUT2D eigenvalue weighted by Gasteiger charge is -2.27. The third kappa shape index (κ3) is 4.19. The summed E-state index contributed by atoms with van der Waals surface area (Å²) in [5.41, 5.74) is -0.216. The summed E-state index contributed by atoms with van der Waals surface area (Å²) in [4.78, 5) is 0. The highest BCUT2D eigenvalue weighted by atomic mass is 16.5. The summed E-state index contributed by atoms with van der Waals surface area (Å²) in [6, 6.07) is 2.79. The van der Waals surface area contributed by atoms with Crippen LogP contribution in [0.5, 0.6) is 0 Å². The van der Waals surface area contributed by atoms with Gasteiger partial charge in [0.1, 0.15) is 0 Å². The average molecular weight is 210 g/mol. The molecule has 1 unspecified atom stereocenters. The van der Waals surface area contributed by atoms with Crippen molar-refractivity contribution in [3.05, 3.63) is 0 Å². The number of hydrogen-bond acceptors (Lipinski definition) is 3. The molecular weight excluding hydrogens is 188 g/mol. The Balaban J connectivity index is 2.39. The zero-order valence-electron chi connectivity index (χ0n) is 10.0. The molecule has 3 nitrogen and oxygen atoms in total. The van der Waals surface area contributed by atoms with Crippen LogP contribution in [0.15, 0.2) is 0 Å². The molecule has 0 aromatic rings. The average Bonchev–Trinajstić information content (AvgIpc) is 2.69. The molecule has 0 aromatic heterocycles. The second-order valence-electron chi connectivity index (χ2n) is 5.00. The lowest BCUT2D eigenvalue weighted by molar-refractivity contribution is 0.0105. The van der Waals surface area contributed by atoms with E-state index in [1.807, 2.05) is 13.8 Å². The molecule has 1 N–H and O–H groups in total. The van der Waals surface area contributed by atoms with Crippen molar-refractivity contribution in [3.8, 4) is 6.07 Å². The molecule has 1 aliphatic rings. The van der Waals surface area contributed by atoms with Crippen molar-refractivity contribution in [3.63, 3.8) is 0 Å². The predicted molar refractivity (Wildman–Crippen MR) is 60.5 cm³/mol. The molecule has 0 radical (unpaired) electrons. The first kappa shape index (κ1) is 12.5. The van der Waals surface area contributed by atoms with Crippen LogP contribution in [0.1, 0.15) is 46.0 Å². The highest BCUT2D eigenvalue weighted by Gasteiger charge is 2.25. The molecule has 0 aromatic carbocycles. The zero-order chi connectivity index (χ0) is 11.3. The lowest BCUT2D eigenvalue weighted by atomic mass is 9.99. The SMILES string of the molecule is COC(C)(C)CC(C#N)NC1CCCC1. The fourth-order valence-electron chi connectivity index (χ4n) is 2.09. The largest absolute Gasteiger partial charge is 0.379 e. The summed E-state index contributed by atoms with van der Waals surface area (Å²) in [5.74, 6) is 0. The maximum atomic E-state index is 9.08. The molecule has 86 valence electrons. The van der Waals surface area contributed by atoms with Gasteiger partial charge in [0.2, 0.25) is 0 Å². The van der Waals surface area contributed by atoms with Crippen LogP contribution < -0.4 is 5.32 Å². The molecular formula is C12H22N2O. The smallest absolute Gasteiger partial charge is 0.0982 e. The summed E-state index contributed by atoms with van der Waals surface area (Å²) in [6.45, 7) is 4.04. The Morgan fingerprint density at radius 1 is 1.47 bits per heavy atom. The van der Waals surface area contributed by atoms with E-state index >= 15 is 0 Å². The normalized spacial score (nSPS) is 20.1. The summed E-state index contributed by atoms with van der Waals surface area (Å²) in [6.07, 6.45) is 5.76. The Kier molecular flexibility index (Phi) is 4.56. The summed E-state index contributed by atoms with van der Waals surface area (Å²) in [5, 5.41) is 12.5. The number of ether oxygens (including phenoxy) is 1. The van der Waals surface area contributed by atoms with E-state index in [0.29, 0.717) is 6.04 Å². The molecule has 0 aliphatic heterocycles. The van der Waals surface area contributed by atoms with E-state index in [1.165, 1.54) is 25.7 Å². The molecule has 15 heavy (non-hydrogen) atoms. The van der Waals surface area contributed by atoms with Crippen molar-refractivity contribution in [1.29, 1.82) is 5.26 Å². The van der Waals surface area contributed by atoms with Gasteiger partial charge in [0.25, 0.3) is 0 Å². The topological polar surface area (TPSA) is 45.0 Å². The van der Waals surface area contributed by atoms with Crippen molar-refractivity contribution in [2.75, 3.05) is 7.11 Å². The Morgan fingerprint density at radius 2 is 2.07 bits per heavy atom. The first-order chi connectivity index (χ1) is 7.07. The fraction of sp³-hybridized carbons (Fsp3) is 0.917. The van der Waals surface area contributed by atoms with E-state index in [2.05, 4.69) is 11.4 Å². The Hall–Kier alpha value is -0.590. The third-order valence-electron chi connectivity index (χ3n) is 3.20. The fourth-order valence-corrected chi connectivity index (χ4v) is 2.09. The number of rotatable bonds is 5. The van der Waals surface area contributed by atoms with E-state index in [1.54, 1.807) is 7.11 Å². The quantitative estimate of drug-likeness (QED) is 0.756. The molecule has 0 saturated heterocycles. The first-order valence-electron chi connectivity index (χ1n) is 5.78. The Bertz CT molecular complexity index is 226. The number of hydrogen-bond donors (Lipinski definition) is 1.